The van der Waals surface area contributed by atoms with E-state index in [0.717, 1.165) is 22.0 Å². The molecular formula is C22H21BrO. The molecule has 3 aromatic rings. The highest BCUT2D eigenvalue weighted by Crippen LogP contribution is 2.43. The van der Waals surface area contributed by atoms with Crippen LogP contribution in [0.5, 0.6) is 0 Å². The van der Waals surface area contributed by atoms with Gasteiger partial charge in [0.15, 0.2) is 0 Å². The van der Waals surface area contributed by atoms with E-state index in [2.05, 4.69) is 52.3 Å². The zero-order chi connectivity index (χ0) is 16.8. The molecule has 0 aliphatic carbocycles. The fourth-order valence-corrected chi connectivity index (χ4v) is 3.93. The number of aliphatic hydroxyl groups excluding tert-OH is 1. The van der Waals surface area contributed by atoms with Gasteiger partial charge in [-0.1, -0.05) is 107 Å². The smallest absolute Gasteiger partial charge is 0.0726 e. The predicted octanol–water partition coefficient (Wildman–Crippen LogP) is 5.17. The predicted molar refractivity (Wildman–Crippen MR) is 104 cm³/mol. The summed E-state index contributed by atoms with van der Waals surface area (Å²) in [7, 11) is 0. The average molecular weight is 381 g/mol. The van der Waals surface area contributed by atoms with Crippen molar-refractivity contribution in [1.82, 2.24) is 0 Å². The van der Waals surface area contributed by atoms with Crippen LogP contribution in [-0.2, 0) is 5.41 Å². The number of alkyl halides is 1. The molecule has 0 aromatic heterocycles. The lowest BCUT2D eigenvalue weighted by Crippen LogP contribution is -2.42. The minimum absolute atomic E-state index is 0.538. The normalized spacial score (nSPS) is 12.8. The molecule has 0 bridgehead atoms. The van der Waals surface area contributed by atoms with Crippen molar-refractivity contribution >= 4 is 15.9 Å². The van der Waals surface area contributed by atoms with Crippen LogP contribution in [-0.4, -0.2) is 16.5 Å². The van der Waals surface area contributed by atoms with Gasteiger partial charge in [-0.05, 0) is 23.1 Å². The van der Waals surface area contributed by atoms with Gasteiger partial charge in [0.2, 0.25) is 0 Å². The molecule has 1 N–H and O–H groups in total. The Labute approximate surface area is 152 Å². The van der Waals surface area contributed by atoms with Gasteiger partial charge in [-0.2, -0.15) is 0 Å². The highest BCUT2D eigenvalue weighted by Gasteiger charge is 2.42. The molecule has 0 fully saturated rings. The fourth-order valence-electron chi connectivity index (χ4n) is 3.50. The van der Waals surface area contributed by atoms with E-state index < -0.39 is 11.5 Å². The quantitative estimate of drug-likeness (QED) is 0.462. The molecule has 1 unspecified atom stereocenters. The van der Waals surface area contributed by atoms with Gasteiger partial charge in [-0.25, -0.2) is 0 Å². The molecule has 2 heteroatoms. The lowest BCUT2D eigenvalue weighted by Gasteiger charge is -2.40. The number of halogens is 1. The molecule has 1 atom stereocenters. The van der Waals surface area contributed by atoms with Crippen LogP contribution < -0.4 is 0 Å². The van der Waals surface area contributed by atoms with E-state index in [9.17, 15) is 5.11 Å². The maximum Gasteiger partial charge on any atom is 0.0726 e. The van der Waals surface area contributed by atoms with E-state index in [1.165, 1.54) is 0 Å². The summed E-state index contributed by atoms with van der Waals surface area (Å²) in [6, 6.07) is 30.9. The first kappa shape index (κ1) is 16.9. The van der Waals surface area contributed by atoms with Crippen molar-refractivity contribution in [3.8, 4) is 0 Å². The Morgan fingerprint density at radius 2 is 1.00 bits per heavy atom. The van der Waals surface area contributed by atoms with Crippen molar-refractivity contribution in [2.45, 2.75) is 17.9 Å². The summed E-state index contributed by atoms with van der Waals surface area (Å²) in [5, 5.41) is 12.0. The molecule has 0 aliphatic rings. The molecule has 1 nitrogen and oxygen atoms in total. The van der Waals surface area contributed by atoms with Crippen LogP contribution in [0.1, 0.15) is 23.1 Å². The molecule has 0 amide bonds. The van der Waals surface area contributed by atoms with Crippen LogP contribution in [0.2, 0.25) is 0 Å². The van der Waals surface area contributed by atoms with E-state index in [-0.39, 0.29) is 0 Å². The fraction of sp³-hybridized carbons (Fsp3) is 0.182. The van der Waals surface area contributed by atoms with Crippen LogP contribution >= 0.6 is 15.9 Å². The van der Waals surface area contributed by atoms with Crippen LogP contribution in [0, 0.1) is 0 Å². The van der Waals surface area contributed by atoms with Crippen molar-refractivity contribution in [3.05, 3.63) is 108 Å². The van der Waals surface area contributed by atoms with Gasteiger partial charge in [-0.15, -0.1) is 0 Å². The van der Waals surface area contributed by atoms with E-state index in [1.54, 1.807) is 0 Å². The first-order valence-corrected chi connectivity index (χ1v) is 9.33. The summed E-state index contributed by atoms with van der Waals surface area (Å²) in [5.74, 6) is 0. The summed E-state index contributed by atoms with van der Waals surface area (Å²) in [5.41, 5.74) is 2.74. The van der Waals surface area contributed by atoms with Gasteiger partial charge in [0, 0.05) is 5.33 Å². The molecule has 0 aliphatic heterocycles. The molecule has 0 saturated heterocycles. The summed E-state index contributed by atoms with van der Waals surface area (Å²) >= 11 is 3.50. The van der Waals surface area contributed by atoms with Gasteiger partial charge in [0.05, 0.1) is 11.5 Å². The van der Waals surface area contributed by atoms with Crippen molar-refractivity contribution in [3.63, 3.8) is 0 Å². The Morgan fingerprint density at radius 1 is 0.667 bits per heavy atom. The summed E-state index contributed by atoms with van der Waals surface area (Å²) < 4.78 is 0. The van der Waals surface area contributed by atoms with Gasteiger partial charge in [0.25, 0.3) is 0 Å². The number of hydrogen-bond donors (Lipinski definition) is 1. The molecule has 0 heterocycles. The lowest BCUT2D eigenvalue weighted by molar-refractivity contribution is 0.119. The lowest BCUT2D eigenvalue weighted by atomic mass is 9.65. The van der Waals surface area contributed by atoms with Crippen molar-refractivity contribution in [1.29, 1.82) is 0 Å². The minimum Gasteiger partial charge on any atom is -0.391 e. The van der Waals surface area contributed by atoms with E-state index in [1.807, 2.05) is 54.6 Å². The molecule has 24 heavy (non-hydrogen) atoms. The van der Waals surface area contributed by atoms with E-state index >= 15 is 0 Å². The first-order chi connectivity index (χ1) is 11.8. The zero-order valence-electron chi connectivity index (χ0n) is 13.5. The van der Waals surface area contributed by atoms with Crippen molar-refractivity contribution in [2.24, 2.45) is 0 Å². The largest absolute Gasteiger partial charge is 0.391 e. The van der Waals surface area contributed by atoms with Gasteiger partial charge < -0.3 is 5.11 Å². The molecule has 0 spiro atoms. The van der Waals surface area contributed by atoms with Gasteiger partial charge >= 0.3 is 0 Å². The third kappa shape index (κ3) is 3.04. The van der Waals surface area contributed by atoms with Gasteiger partial charge in [-0.3, -0.25) is 0 Å². The number of benzene rings is 3. The highest BCUT2D eigenvalue weighted by atomic mass is 79.9. The van der Waals surface area contributed by atoms with Gasteiger partial charge in [0.1, 0.15) is 0 Å². The summed E-state index contributed by atoms with van der Waals surface area (Å²) in [4.78, 5) is 0. The second kappa shape index (κ2) is 7.78. The Kier molecular flexibility index (Phi) is 5.49. The molecule has 3 aromatic carbocycles. The number of hydrogen-bond acceptors (Lipinski definition) is 1. The molecular weight excluding hydrogens is 360 g/mol. The Morgan fingerprint density at radius 3 is 1.29 bits per heavy atom. The SMILES string of the molecule is OC(CCBr)C(c1ccccc1)(c1ccccc1)c1ccccc1. The highest BCUT2D eigenvalue weighted by molar-refractivity contribution is 9.09. The Bertz CT molecular complexity index is 644. The molecule has 122 valence electrons. The van der Waals surface area contributed by atoms with Crippen LogP contribution in [0.25, 0.3) is 0 Å². The van der Waals surface area contributed by atoms with Crippen molar-refractivity contribution < 1.29 is 5.11 Å². The van der Waals surface area contributed by atoms with Crippen LogP contribution in [0.15, 0.2) is 91.0 Å². The van der Waals surface area contributed by atoms with E-state index in [4.69, 9.17) is 0 Å². The molecule has 0 saturated carbocycles. The Balaban J connectivity index is 2.33. The van der Waals surface area contributed by atoms with E-state index in [0.29, 0.717) is 6.42 Å². The average Bonchev–Trinajstić information content (AvgIpc) is 2.65. The third-order valence-corrected chi connectivity index (χ3v) is 5.03. The van der Waals surface area contributed by atoms with Crippen LogP contribution in [0.3, 0.4) is 0 Å². The monoisotopic (exact) mass is 380 g/mol. The number of rotatable bonds is 6. The number of aliphatic hydroxyl groups is 1. The summed E-state index contributed by atoms with van der Waals surface area (Å²) in [6.45, 7) is 0. The minimum atomic E-state index is -0.586. The topological polar surface area (TPSA) is 20.2 Å². The first-order valence-electron chi connectivity index (χ1n) is 8.20. The molecule has 0 radical (unpaired) electrons. The third-order valence-electron chi connectivity index (χ3n) is 4.57. The second-order valence-corrected chi connectivity index (χ2v) is 6.69. The zero-order valence-corrected chi connectivity index (χ0v) is 15.1. The Hall–Kier alpha value is -1.90. The van der Waals surface area contributed by atoms with Crippen LogP contribution in [0.4, 0.5) is 0 Å². The maximum atomic E-state index is 11.3. The summed E-state index contributed by atoms with van der Waals surface area (Å²) in [6.07, 6.45) is 0.127. The second-order valence-electron chi connectivity index (χ2n) is 5.90. The van der Waals surface area contributed by atoms with Crippen molar-refractivity contribution in [2.75, 3.05) is 5.33 Å². The molecule has 3 rings (SSSR count). The maximum absolute atomic E-state index is 11.3. The standard InChI is InChI=1S/C22H21BrO/c23-17-16-21(24)22(18-10-4-1-5-11-18,19-12-6-2-7-13-19)20-14-8-3-9-15-20/h1-15,21,24H,16-17H2.